The predicted molar refractivity (Wildman–Crippen MR) is 143 cm³/mol. The molecular weight excluding hydrogens is 466 g/mol. The van der Waals surface area contributed by atoms with Gasteiger partial charge in [-0.05, 0) is 78.6 Å². The lowest BCUT2D eigenvalue weighted by atomic mass is 9.47. The Morgan fingerprint density at radius 3 is 2.38 bits per heavy atom. The van der Waals surface area contributed by atoms with Crippen LogP contribution >= 0.6 is 0 Å². The zero-order valence-electron chi connectivity index (χ0n) is 23.5. The number of hydrogen-bond acceptors (Lipinski definition) is 6. The average Bonchev–Trinajstić information content (AvgIpc) is 3.09. The van der Waals surface area contributed by atoms with Crippen LogP contribution in [0.4, 0.5) is 0 Å². The molecule has 6 nitrogen and oxygen atoms in total. The molecule has 0 aromatic rings. The quantitative estimate of drug-likeness (QED) is 0.281. The van der Waals surface area contributed by atoms with Crippen molar-refractivity contribution in [2.45, 2.75) is 98.7 Å². The molecule has 2 N–H and O–H groups in total. The van der Waals surface area contributed by atoms with Gasteiger partial charge < -0.3 is 15.2 Å². The Bertz CT molecular complexity index is 1040. The zero-order chi connectivity index (χ0) is 27.3. The maximum Gasteiger partial charge on any atom is 0.302 e. The first-order chi connectivity index (χ1) is 17.3. The average molecular weight is 512 g/mol. The Labute approximate surface area is 222 Å². The van der Waals surface area contributed by atoms with E-state index in [0.29, 0.717) is 29.0 Å². The van der Waals surface area contributed by atoms with E-state index in [-0.39, 0.29) is 52.6 Å². The lowest BCUT2D eigenvalue weighted by Gasteiger charge is -2.58. The van der Waals surface area contributed by atoms with Gasteiger partial charge in [-0.2, -0.15) is 0 Å². The van der Waals surface area contributed by atoms with Crippen LogP contribution in [-0.4, -0.2) is 29.9 Å². The van der Waals surface area contributed by atoms with E-state index in [4.69, 9.17) is 15.2 Å². The van der Waals surface area contributed by atoms with Gasteiger partial charge in [0.15, 0.2) is 5.78 Å². The van der Waals surface area contributed by atoms with Crippen LogP contribution < -0.4 is 5.73 Å². The molecule has 0 amide bonds. The van der Waals surface area contributed by atoms with Crippen LogP contribution in [0.15, 0.2) is 35.6 Å². The Morgan fingerprint density at radius 1 is 1.08 bits per heavy atom. The Kier molecular flexibility index (Phi) is 7.53. The van der Waals surface area contributed by atoms with Gasteiger partial charge >= 0.3 is 11.9 Å². The number of fused-ring (bicyclic) bond motifs is 5. The number of allylic oxidation sites excluding steroid dienone is 3. The van der Waals surface area contributed by atoms with E-state index in [9.17, 15) is 14.4 Å². The second-order valence-electron chi connectivity index (χ2n) is 12.8. The van der Waals surface area contributed by atoms with E-state index >= 15 is 0 Å². The Balaban J connectivity index is 1.63. The van der Waals surface area contributed by atoms with E-state index in [1.165, 1.54) is 25.5 Å². The molecule has 0 spiro atoms. The highest BCUT2D eigenvalue weighted by Gasteiger charge is 2.62. The summed E-state index contributed by atoms with van der Waals surface area (Å²) in [5, 5.41) is 0. The fourth-order valence-corrected chi connectivity index (χ4v) is 8.47. The molecule has 0 radical (unpaired) electrons. The summed E-state index contributed by atoms with van der Waals surface area (Å²) in [4.78, 5) is 37.0. The monoisotopic (exact) mass is 511 g/mol. The van der Waals surface area contributed by atoms with Crippen molar-refractivity contribution in [1.29, 1.82) is 0 Å². The summed E-state index contributed by atoms with van der Waals surface area (Å²) >= 11 is 0. The Morgan fingerprint density at radius 2 is 1.76 bits per heavy atom. The first kappa shape index (κ1) is 27.7. The van der Waals surface area contributed by atoms with E-state index in [0.717, 1.165) is 44.9 Å². The second-order valence-corrected chi connectivity index (χ2v) is 12.8. The maximum atomic E-state index is 13.3. The molecule has 0 aliphatic heterocycles. The van der Waals surface area contributed by atoms with Crippen molar-refractivity contribution in [3.63, 3.8) is 0 Å². The van der Waals surface area contributed by atoms with E-state index in [2.05, 4.69) is 26.5 Å². The normalized spacial score (nSPS) is 39.1. The molecular formula is C31H45NO5. The minimum absolute atomic E-state index is 0.0212. The van der Waals surface area contributed by atoms with Gasteiger partial charge in [-0.25, -0.2) is 0 Å². The van der Waals surface area contributed by atoms with Gasteiger partial charge in [0.2, 0.25) is 0 Å². The van der Waals surface area contributed by atoms with Gasteiger partial charge in [0.25, 0.3) is 0 Å². The van der Waals surface area contributed by atoms with Crippen molar-refractivity contribution in [2.75, 3.05) is 0 Å². The highest BCUT2D eigenvalue weighted by Crippen LogP contribution is 2.67. The fraction of sp³-hybridized carbons (Fsp3) is 0.710. The number of ketones is 1. The van der Waals surface area contributed by atoms with Crippen LogP contribution in [0.2, 0.25) is 0 Å². The van der Waals surface area contributed by atoms with E-state index < -0.39 is 0 Å². The number of esters is 2. The summed E-state index contributed by atoms with van der Waals surface area (Å²) in [6, 6.07) is 0. The number of carbonyl (C=O) groups is 3. The molecule has 0 saturated heterocycles. The first-order valence-corrected chi connectivity index (χ1v) is 14.0. The van der Waals surface area contributed by atoms with Crippen LogP contribution in [0.5, 0.6) is 0 Å². The molecule has 3 saturated carbocycles. The fourth-order valence-electron chi connectivity index (χ4n) is 8.47. The summed E-state index contributed by atoms with van der Waals surface area (Å²) in [6.45, 7) is 15.8. The third-order valence-corrected chi connectivity index (χ3v) is 10.4. The van der Waals surface area contributed by atoms with E-state index in [1.54, 1.807) is 0 Å². The number of rotatable bonds is 6. The standard InChI is InChI=1S/C31H45NO5/c1-17(2)26(32)16-27(35)18(3)29-28(37-20(5)34)15-25-23-9-8-21-14-22(36-19(4)33)10-12-30(21,6)24(23)11-13-31(25,29)7/h8,16-17,22-25,28-29H,3,9-15,32H2,1-2,4-7H3/b26-16-/t22-,23+,24-,25-,28+,29-,30-,31-/m0/s1. The lowest BCUT2D eigenvalue weighted by molar-refractivity contribution is -0.149. The molecule has 6 heteroatoms. The zero-order valence-corrected chi connectivity index (χ0v) is 23.5. The van der Waals surface area contributed by atoms with Gasteiger partial charge in [0.1, 0.15) is 12.2 Å². The summed E-state index contributed by atoms with van der Waals surface area (Å²) in [5.41, 5.74) is 8.53. The van der Waals surface area contributed by atoms with Crippen molar-refractivity contribution in [3.05, 3.63) is 35.6 Å². The predicted octanol–water partition coefficient (Wildman–Crippen LogP) is 5.66. The number of hydrogen-bond donors (Lipinski definition) is 1. The van der Waals surface area contributed by atoms with Crippen LogP contribution in [0.1, 0.15) is 86.5 Å². The van der Waals surface area contributed by atoms with Crippen LogP contribution in [0.3, 0.4) is 0 Å². The molecule has 3 fully saturated rings. The molecule has 0 bridgehead atoms. The second kappa shape index (κ2) is 10.1. The number of ether oxygens (including phenoxy) is 2. The third-order valence-electron chi connectivity index (χ3n) is 10.4. The van der Waals surface area contributed by atoms with Crippen LogP contribution in [-0.2, 0) is 23.9 Å². The van der Waals surface area contributed by atoms with Gasteiger partial charge in [-0.15, -0.1) is 0 Å². The first-order valence-electron chi connectivity index (χ1n) is 14.0. The minimum Gasteiger partial charge on any atom is -0.462 e. The van der Waals surface area contributed by atoms with Crippen molar-refractivity contribution < 1.29 is 23.9 Å². The Hall–Kier alpha value is -2.37. The number of nitrogens with two attached hydrogens (primary N) is 1. The minimum atomic E-state index is -0.353. The third kappa shape index (κ3) is 4.93. The molecule has 0 heterocycles. The van der Waals surface area contributed by atoms with Gasteiger partial charge in [0, 0.05) is 38.0 Å². The van der Waals surface area contributed by atoms with Gasteiger partial charge in [-0.1, -0.05) is 45.9 Å². The van der Waals surface area contributed by atoms with Crippen LogP contribution in [0.25, 0.3) is 0 Å². The summed E-state index contributed by atoms with van der Waals surface area (Å²) in [5.74, 6) is 0.502. The van der Waals surface area contributed by atoms with Gasteiger partial charge in [0.05, 0.1) is 0 Å². The highest BCUT2D eigenvalue weighted by atomic mass is 16.5. The smallest absolute Gasteiger partial charge is 0.302 e. The largest absolute Gasteiger partial charge is 0.462 e. The van der Waals surface area contributed by atoms with Crippen molar-refractivity contribution in [2.24, 2.45) is 46.2 Å². The molecule has 8 atom stereocenters. The summed E-state index contributed by atoms with van der Waals surface area (Å²) < 4.78 is 11.5. The SMILES string of the molecule is C=C(C(=O)/C=C(\N)C(C)C)[C@H]1[C@H](OC(C)=O)C[C@H]2[C@@H]3CC=C4C[C@@H](OC(C)=O)CC[C@]4(C)[C@H]3CC[C@@]21C. The molecule has 204 valence electrons. The lowest BCUT2D eigenvalue weighted by Crippen LogP contribution is -2.51. The molecule has 4 aliphatic rings. The maximum absolute atomic E-state index is 13.3. The van der Waals surface area contributed by atoms with Crippen molar-refractivity contribution in [3.8, 4) is 0 Å². The number of carbonyl (C=O) groups excluding carboxylic acids is 3. The molecule has 0 aromatic carbocycles. The molecule has 4 aliphatic carbocycles. The molecule has 4 rings (SSSR count). The van der Waals surface area contributed by atoms with Crippen molar-refractivity contribution in [1.82, 2.24) is 0 Å². The summed E-state index contributed by atoms with van der Waals surface area (Å²) in [7, 11) is 0. The molecule has 37 heavy (non-hydrogen) atoms. The van der Waals surface area contributed by atoms with Crippen molar-refractivity contribution >= 4 is 17.7 Å². The summed E-state index contributed by atoms with van der Waals surface area (Å²) in [6.07, 6.45) is 10.0. The molecule has 0 unspecified atom stereocenters. The van der Waals surface area contributed by atoms with Gasteiger partial charge in [-0.3, -0.25) is 14.4 Å². The van der Waals surface area contributed by atoms with E-state index in [1.807, 2.05) is 13.8 Å². The molecule has 0 aromatic heterocycles. The van der Waals surface area contributed by atoms with Crippen LogP contribution in [0, 0.1) is 40.4 Å². The highest BCUT2D eigenvalue weighted by molar-refractivity contribution is 6.04. The topological polar surface area (TPSA) is 95.7 Å².